The second kappa shape index (κ2) is 6.66. The summed E-state index contributed by atoms with van der Waals surface area (Å²) in [5.74, 6) is 0.0635. The molecule has 1 atom stereocenters. The Morgan fingerprint density at radius 3 is 2.77 bits per heavy atom. The summed E-state index contributed by atoms with van der Waals surface area (Å²) in [6.45, 7) is 4.21. The molecule has 122 valence electrons. The number of nitrogens with two attached hydrogens (primary N) is 1. The number of rotatable bonds is 5. The summed E-state index contributed by atoms with van der Waals surface area (Å²) in [6.07, 6.45) is 1.60. The number of carbonyl (C=O) groups is 1. The van der Waals surface area contributed by atoms with Gasteiger partial charge in [-0.05, 0) is 44.4 Å². The molecule has 0 aromatic heterocycles. The third kappa shape index (κ3) is 3.98. The van der Waals surface area contributed by atoms with Crippen LogP contribution in [0.3, 0.4) is 0 Å². The lowest BCUT2D eigenvalue weighted by Gasteiger charge is -2.20. The fourth-order valence-electron chi connectivity index (χ4n) is 2.45. The predicted molar refractivity (Wildman–Crippen MR) is 88.4 cm³/mol. The van der Waals surface area contributed by atoms with E-state index in [9.17, 15) is 13.2 Å². The molecular formula is C15H23N3O3S. The Kier molecular flexibility index (Phi) is 5.08. The maximum Gasteiger partial charge on any atom is 0.235 e. The first-order valence-electron chi connectivity index (χ1n) is 7.46. The first kappa shape index (κ1) is 16.8. The molecule has 2 rings (SSSR count). The highest BCUT2D eigenvalue weighted by Gasteiger charge is 2.29. The van der Waals surface area contributed by atoms with E-state index in [2.05, 4.69) is 5.32 Å². The molecule has 22 heavy (non-hydrogen) atoms. The molecule has 1 unspecified atom stereocenters. The van der Waals surface area contributed by atoms with E-state index in [1.807, 2.05) is 19.9 Å². The number of anilines is 2. The van der Waals surface area contributed by atoms with Crippen LogP contribution in [0, 0.1) is 6.92 Å². The number of carbonyl (C=O) groups excluding carboxylic acids is 1. The zero-order chi connectivity index (χ0) is 16.3. The van der Waals surface area contributed by atoms with Crippen molar-refractivity contribution in [3.05, 3.63) is 23.8 Å². The van der Waals surface area contributed by atoms with E-state index in [4.69, 9.17) is 5.73 Å². The van der Waals surface area contributed by atoms with E-state index in [0.29, 0.717) is 37.2 Å². The molecule has 7 heteroatoms. The zero-order valence-corrected chi connectivity index (χ0v) is 13.8. The molecule has 0 bridgehead atoms. The molecule has 1 heterocycles. The van der Waals surface area contributed by atoms with Crippen LogP contribution in [0.15, 0.2) is 18.2 Å². The number of benzene rings is 1. The van der Waals surface area contributed by atoms with E-state index in [1.54, 1.807) is 12.1 Å². The Hall–Kier alpha value is -1.60. The summed E-state index contributed by atoms with van der Waals surface area (Å²) in [6, 6.07) is 5.31. The lowest BCUT2D eigenvalue weighted by molar-refractivity contribution is -0.116. The topological polar surface area (TPSA) is 92.5 Å². The average molecular weight is 325 g/mol. The van der Waals surface area contributed by atoms with Crippen LogP contribution in [-0.4, -0.2) is 32.7 Å². The molecule has 3 N–H and O–H groups in total. The van der Waals surface area contributed by atoms with Crippen LogP contribution >= 0.6 is 0 Å². The van der Waals surface area contributed by atoms with Crippen LogP contribution in [-0.2, 0) is 14.8 Å². The van der Waals surface area contributed by atoms with Crippen molar-refractivity contribution >= 4 is 27.3 Å². The van der Waals surface area contributed by atoms with Crippen molar-refractivity contribution in [2.24, 2.45) is 5.73 Å². The minimum atomic E-state index is -3.23. The highest BCUT2D eigenvalue weighted by Crippen LogP contribution is 2.30. The van der Waals surface area contributed by atoms with Gasteiger partial charge >= 0.3 is 0 Å². The number of amides is 1. The van der Waals surface area contributed by atoms with E-state index < -0.39 is 10.0 Å². The Morgan fingerprint density at radius 1 is 1.45 bits per heavy atom. The number of hydrogen-bond acceptors (Lipinski definition) is 4. The second-order valence-corrected chi connectivity index (χ2v) is 7.82. The summed E-state index contributed by atoms with van der Waals surface area (Å²) < 4.78 is 25.5. The first-order valence-corrected chi connectivity index (χ1v) is 9.07. The van der Waals surface area contributed by atoms with Gasteiger partial charge in [-0.15, -0.1) is 0 Å². The Bertz CT molecular complexity index is 656. The molecule has 0 aliphatic carbocycles. The van der Waals surface area contributed by atoms with Gasteiger partial charge in [0.15, 0.2) is 0 Å². The van der Waals surface area contributed by atoms with Gasteiger partial charge in [-0.1, -0.05) is 6.07 Å². The van der Waals surface area contributed by atoms with Crippen molar-refractivity contribution in [1.82, 2.24) is 0 Å². The van der Waals surface area contributed by atoms with Gasteiger partial charge in [0, 0.05) is 24.7 Å². The fraction of sp³-hybridized carbons (Fsp3) is 0.533. The average Bonchev–Trinajstić information content (AvgIpc) is 2.78. The third-order valence-corrected chi connectivity index (χ3v) is 5.54. The minimum Gasteiger partial charge on any atom is -0.328 e. The van der Waals surface area contributed by atoms with Gasteiger partial charge in [0.2, 0.25) is 15.9 Å². The molecule has 0 saturated carbocycles. The summed E-state index contributed by atoms with van der Waals surface area (Å²) in [5, 5.41) is 2.80. The smallest absolute Gasteiger partial charge is 0.235 e. The molecule has 1 saturated heterocycles. The molecule has 1 fully saturated rings. The van der Waals surface area contributed by atoms with E-state index in [-0.39, 0.29) is 17.7 Å². The maximum absolute atomic E-state index is 12.1. The molecule has 0 spiro atoms. The number of aryl methyl sites for hydroxylation is 1. The van der Waals surface area contributed by atoms with E-state index in [1.165, 1.54) is 4.31 Å². The number of nitrogens with zero attached hydrogens (tertiary/aromatic N) is 1. The Labute approximate surface area is 131 Å². The molecule has 1 aliphatic rings. The van der Waals surface area contributed by atoms with Crippen LogP contribution in [0.1, 0.15) is 31.7 Å². The third-order valence-electron chi connectivity index (χ3n) is 3.69. The summed E-state index contributed by atoms with van der Waals surface area (Å²) >= 11 is 0. The molecule has 1 amide bonds. The lowest BCUT2D eigenvalue weighted by atomic mass is 10.1. The first-order chi connectivity index (χ1) is 10.3. The quantitative estimate of drug-likeness (QED) is 0.860. The van der Waals surface area contributed by atoms with E-state index >= 15 is 0 Å². The maximum atomic E-state index is 12.1. The van der Waals surface area contributed by atoms with Crippen molar-refractivity contribution in [3.8, 4) is 0 Å². The van der Waals surface area contributed by atoms with E-state index in [0.717, 1.165) is 5.56 Å². The second-order valence-electron chi connectivity index (χ2n) is 5.81. The monoisotopic (exact) mass is 325 g/mol. The minimum absolute atomic E-state index is 0.0194. The standard InChI is InChI=1S/C15H23N3O3S/c1-11-4-6-13(17-15(19)7-5-12(2)16)10-14(11)18-8-3-9-22(18,20)21/h4,6,10,12H,3,5,7-9,16H2,1-2H3,(H,17,19). The lowest BCUT2D eigenvalue weighted by Crippen LogP contribution is -2.26. The number of sulfonamides is 1. The number of hydrogen-bond donors (Lipinski definition) is 2. The van der Waals surface area contributed by atoms with Gasteiger partial charge in [0.05, 0.1) is 11.4 Å². The van der Waals surface area contributed by atoms with Crippen molar-refractivity contribution in [2.45, 2.75) is 39.2 Å². The van der Waals surface area contributed by atoms with Crippen molar-refractivity contribution < 1.29 is 13.2 Å². The normalized spacial score (nSPS) is 18.2. The summed E-state index contributed by atoms with van der Waals surface area (Å²) in [7, 11) is -3.23. The van der Waals surface area contributed by atoms with Gasteiger partial charge in [0.1, 0.15) is 0 Å². The van der Waals surface area contributed by atoms with Crippen LogP contribution in [0.5, 0.6) is 0 Å². The van der Waals surface area contributed by atoms with Crippen molar-refractivity contribution in [1.29, 1.82) is 0 Å². The summed E-state index contributed by atoms with van der Waals surface area (Å²) in [4.78, 5) is 11.9. The van der Waals surface area contributed by atoms with Gasteiger partial charge in [-0.25, -0.2) is 8.42 Å². The molecular weight excluding hydrogens is 302 g/mol. The van der Waals surface area contributed by atoms with Crippen LogP contribution in [0.25, 0.3) is 0 Å². The fourth-order valence-corrected chi connectivity index (χ4v) is 4.07. The molecule has 1 aromatic carbocycles. The predicted octanol–water partition coefficient (Wildman–Crippen LogP) is 1.60. The Balaban J connectivity index is 2.15. The Morgan fingerprint density at radius 2 is 2.18 bits per heavy atom. The highest BCUT2D eigenvalue weighted by molar-refractivity contribution is 7.93. The van der Waals surface area contributed by atoms with Crippen LogP contribution in [0.2, 0.25) is 0 Å². The highest BCUT2D eigenvalue weighted by atomic mass is 32.2. The molecule has 1 aliphatic heterocycles. The van der Waals surface area contributed by atoms with Gasteiger partial charge in [-0.2, -0.15) is 0 Å². The number of nitrogens with one attached hydrogen (secondary N) is 1. The zero-order valence-electron chi connectivity index (χ0n) is 13.0. The summed E-state index contributed by atoms with van der Waals surface area (Å²) in [5.41, 5.74) is 7.76. The van der Waals surface area contributed by atoms with Crippen molar-refractivity contribution in [3.63, 3.8) is 0 Å². The van der Waals surface area contributed by atoms with Crippen LogP contribution in [0.4, 0.5) is 11.4 Å². The largest absolute Gasteiger partial charge is 0.328 e. The van der Waals surface area contributed by atoms with Gasteiger partial charge < -0.3 is 11.1 Å². The van der Waals surface area contributed by atoms with Crippen LogP contribution < -0.4 is 15.4 Å². The molecule has 1 aromatic rings. The van der Waals surface area contributed by atoms with Gasteiger partial charge in [-0.3, -0.25) is 9.10 Å². The molecule has 0 radical (unpaired) electrons. The SMILES string of the molecule is Cc1ccc(NC(=O)CCC(C)N)cc1N1CCCS1(=O)=O. The molecule has 6 nitrogen and oxygen atoms in total. The van der Waals surface area contributed by atoms with Crippen molar-refractivity contribution in [2.75, 3.05) is 21.9 Å². The van der Waals surface area contributed by atoms with Gasteiger partial charge in [0.25, 0.3) is 0 Å².